The van der Waals surface area contributed by atoms with Crippen LogP contribution in [0.15, 0.2) is 279 Å². The van der Waals surface area contributed by atoms with Gasteiger partial charge in [-0.3, -0.25) is 38.6 Å². The smallest absolute Gasteiger partial charge is 0.343 e. The van der Waals surface area contributed by atoms with Crippen molar-refractivity contribution in [1.82, 2.24) is 49.3 Å². The number of aliphatic hydroxyl groups is 1. The number of hydrogen-bond donors (Lipinski definition) is 4. The number of rotatable bonds is 9. The number of benzene rings is 10. The second-order valence-corrected chi connectivity index (χ2v) is 32.0. The van der Waals surface area contributed by atoms with Gasteiger partial charge in [0.05, 0.1) is 111 Å². The third-order valence-corrected chi connectivity index (χ3v) is 23.0. The average Bonchev–Trinajstić information content (AvgIpc) is 1.53. The van der Waals surface area contributed by atoms with Crippen LogP contribution in [0.1, 0.15) is 153 Å². The van der Waals surface area contributed by atoms with Crippen molar-refractivity contribution in [1.29, 1.82) is 0 Å². The first-order valence-corrected chi connectivity index (χ1v) is 41.9. The number of amides is 4. The molecule has 0 spiro atoms. The Labute approximate surface area is 760 Å². The maximum absolute atomic E-state index is 13.1. The number of hydrogen-bond acceptors (Lipinski definition) is 17. The first-order valence-electron chi connectivity index (χ1n) is 38.9. The predicted octanol–water partition coefficient (Wildman–Crippen LogP) is 24.0. The predicted molar refractivity (Wildman–Crippen MR) is 498 cm³/mol. The highest BCUT2D eigenvalue weighted by Gasteiger charge is 2.41. The van der Waals surface area contributed by atoms with Crippen LogP contribution in [0, 0.1) is 0 Å². The number of nitrogens with two attached hydrogens (primary N) is 2. The lowest BCUT2D eigenvalue weighted by molar-refractivity contribution is 0.0579. The molecule has 0 saturated carbocycles. The fraction of sp³-hybridized carbons (Fsp3) is 0.0928. The third-order valence-electron chi connectivity index (χ3n) is 20.7. The van der Waals surface area contributed by atoms with Gasteiger partial charge in [0.15, 0.2) is 23.0 Å². The number of Topliss-reactive ketones (excluding diaryl/α,β-unsaturated/α-hetero) is 2. The molecule has 628 valence electrons. The molecule has 3 aliphatic rings. The number of carboxylic acid groups (broad SMARTS) is 1. The van der Waals surface area contributed by atoms with E-state index in [0.29, 0.717) is 102 Å². The van der Waals surface area contributed by atoms with Crippen molar-refractivity contribution in [2.45, 2.75) is 58.3 Å². The molecule has 10 aromatic carbocycles. The lowest BCUT2D eigenvalue weighted by Gasteiger charge is -2.25. The van der Waals surface area contributed by atoms with Gasteiger partial charge in [-0.15, -0.1) is 5.10 Å². The first kappa shape index (κ1) is 89.3. The number of carboxylic acids is 1. The highest BCUT2D eigenvalue weighted by Crippen LogP contribution is 2.41. The van der Waals surface area contributed by atoms with Gasteiger partial charge in [0.1, 0.15) is 21.0 Å². The van der Waals surface area contributed by atoms with E-state index in [2.05, 4.69) is 31.1 Å². The van der Waals surface area contributed by atoms with E-state index in [1.165, 1.54) is 20.5 Å². The SMILES string of the molecule is CC(N)c1cc2cccc(Cl)c2nc1-c1ccccc1.CC(O)c1cc2cccc(Cl)c2nc1Cl.CC(c1cc2cccc(Cl)c2nc1-c1ccccc1)N1C(=O)c2ccccc2C1=O.CC(c1cc2cccc(Cl)c2nc1Cl)N1C(=O)c2ccccc2C1=O.Clc1ccc2cccc(Cl)c2n1.Nc1nn2cccnc2c1C(=O)O.O=C1CC(=O)c2ccccc21. The molecular weight excluding hydrogens is 1760 g/mol. The van der Waals surface area contributed by atoms with Crippen LogP contribution in [0.3, 0.4) is 0 Å². The molecule has 0 bridgehead atoms. The normalized spacial score (nSPS) is 13.3. The fourth-order valence-electron chi connectivity index (χ4n) is 14.5. The van der Waals surface area contributed by atoms with Gasteiger partial charge >= 0.3 is 5.97 Å². The lowest BCUT2D eigenvalue weighted by Crippen LogP contribution is -2.33. The van der Waals surface area contributed by atoms with E-state index < -0.39 is 24.2 Å². The molecule has 126 heavy (non-hydrogen) atoms. The van der Waals surface area contributed by atoms with Crippen LogP contribution < -0.4 is 11.5 Å². The minimum Gasteiger partial charge on any atom is -0.477 e. The molecule has 0 radical (unpaired) electrons. The van der Waals surface area contributed by atoms with Gasteiger partial charge in [0.2, 0.25) is 0 Å². The number of anilines is 1. The number of aliphatic hydroxyl groups excluding tert-OH is 1. The van der Waals surface area contributed by atoms with Gasteiger partial charge in [-0.1, -0.05) is 263 Å². The summed E-state index contributed by atoms with van der Waals surface area (Å²) in [5.74, 6) is -2.46. The van der Waals surface area contributed by atoms with E-state index in [9.17, 15) is 38.7 Å². The molecule has 9 heterocycles. The van der Waals surface area contributed by atoms with Gasteiger partial charge in [0, 0.05) is 84.3 Å². The highest BCUT2D eigenvalue weighted by molar-refractivity contribution is 6.38. The Balaban J connectivity index is 0.000000123. The van der Waals surface area contributed by atoms with E-state index in [1.807, 2.05) is 159 Å². The number of para-hydroxylation sites is 5. The average molecular weight is 1830 g/mol. The zero-order valence-corrected chi connectivity index (χ0v) is 73.0. The molecular formula is C97H70Cl8N12O9. The van der Waals surface area contributed by atoms with Crippen molar-refractivity contribution in [3.05, 3.63) is 381 Å². The van der Waals surface area contributed by atoms with Gasteiger partial charge in [0.25, 0.3) is 23.6 Å². The summed E-state index contributed by atoms with van der Waals surface area (Å²) in [5.41, 5.74) is 24.7. The molecule has 0 saturated heterocycles. The molecule has 20 rings (SSSR count). The Morgan fingerprint density at radius 1 is 0.389 bits per heavy atom. The number of halogens is 8. The minimum absolute atomic E-state index is 0.0220. The van der Waals surface area contributed by atoms with E-state index in [1.54, 1.807) is 135 Å². The molecule has 29 heteroatoms. The molecule has 4 atom stereocenters. The molecule has 4 amide bonds. The first-order chi connectivity index (χ1) is 60.6. The van der Waals surface area contributed by atoms with E-state index in [0.717, 1.165) is 65.9 Å². The Hall–Kier alpha value is -13.0. The quantitative estimate of drug-likeness (QED) is 0.0593. The summed E-state index contributed by atoms with van der Waals surface area (Å²) in [7, 11) is 0. The van der Waals surface area contributed by atoms with Crippen LogP contribution in [0.5, 0.6) is 0 Å². The molecule has 0 fully saturated rings. The zero-order chi connectivity index (χ0) is 89.5. The molecule has 6 N–H and O–H groups in total. The van der Waals surface area contributed by atoms with Crippen molar-refractivity contribution < 1.29 is 43.8 Å². The lowest BCUT2D eigenvalue weighted by atomic mass is 9.97. The molecule has 7 aromatic heterocycles. The van der Waals surface area contributed by atoms with Gasteiger partial charge in [-0.05, 0) is 130 Å². The zero-order valence-electron chi connectivity index (χ0n) is 67.0. The number of ketones is 2. The topological polar surface area (TPSA) is 313 Å². The number of imide groups is 2. The number of pyridine rings is 5. The van der Waals surface area contributed by atoms with Crippen LogP contribution in [0.25, 0.3) is 82.7 Å². The summed E-state index contributed by atoms with van der Waals surface area (Å²) >= 11 is 48.7. The van der Waals surface area contributed by atoms with Crippen LogP contribution >= 0.6 is 92.8 Å². The van der Waals surface area contributed by atoms with Crippen LogP contribution in [-0.2, 0) is 0 Å². The molecule has 4 unspecified atom stereocenters. The number of carbonyl (C=O) groups excluding carboxylic acids is 6. The standard InChI is InChI=1S/C25H17ClN2O2.C19H12Cl2N2O2.C17H15ClN2.C11H9Cl2NO.C9H5Cl2N.C9H6O2.C7H6N4O2/c1-15(28-24(29)18-11-5-6-12-19(18)25(28)30)20-14-17-10-7-13-21(26)23(17)27-22(20)16-8-3-2-4-9-16;1-10(23-18(24)12-6-2-3-7-13(12)19(23)25)14-9-11-5-4-8-15(20)16(11)22-17(14)21;1-11(19)14-10-13-8-5-9-15(18)17(13)20-16(14)12-6-3-2-4-7-12;1-6(15)8-5-7-3-2-4-9(12)10(7)14-11(8)13;10-7-3-1-2-6-4-5-8(11)12-9(6)7;10-8-5-9(11)7-4-2-1-3-6(7)8;8-5-4(7(12)13)6-9-2-1-3-11(6)10-5/h2-15H,1H3;2-10H,1H3;2-11H,19H2,1H3;2-6,15H,1H3;1-5H;1-4H,5H2;1-3H,(H2,8,10)(H,12,13). The minimum atomic E-state index is -1.12. The summed E-state index contributed by atoms with van der Waals surface area (Å²) < 4.78 is 1.33. The summed E-state index contributed by atoms with van der Waals surface area (Å²) in [6.45, 7) is 7.25. The number of nitrogen functional groups attached to an aromatic ring is 1. The van der Waals surface area contributed by atoms with Gasteiger partial charge in [-0.2, -0.15) is 0 Å². The molecule has 21 nitrogen and oxygen atoms in total. The van der Waals surface area contributed by atoms with Crippen molar-refractivity contribution in [2.75, 3.05) is 5.73 Å². The Morgan fingerprint density at radius 2 is 0.738 bits per heavy atom. The fourth-order valence-corrected chi connectivity index (χ4v) is 16.3. The van der Waals surface area contributed by atoms with Crippen molar-refractivity contribution >= 4 is 200 Å². The largest absolute Gasteiger partial charge is 0.477 e. The van der Waals surface area contributed by atoms with Crippen molar-refractivity contribution in [3.8, 4) is 22.5 Å². The molecule has 1 aliphatic carbocycles. The monoisotopic (exact) mass is 1830 g/mol. The maximum Gasteiger partial charge on any atom is 0.343 e. The number of carbonyl (C=O) groups is 7. The van der Waals surface area contributed by atoms with E-state index >= 15 is 0 Å². The summed E-state index contributed by atoms with van der Waals surface area (Å²) in [6.07, 6.45) is 2.50. The van der Waals surface area contributed by atoms with E-state index in [-0.39, 0.29) is 69.8 Å². The molecule has 17 aromatic rings. The Kier molecular flexibility index (Phi) is 27.7. The Bertz CT molecular complexity index is 7070. The second kappa shape index (κ2) is 39.0. The number of aromatic nitrogens is 8. The number of fused-ring (bicyclic) bond motifs is 9. The summed E-state index contributed by atoms with van der Waals surface area (Å²) in [5, 5.41) is 30.5. The highest BCUT2D eigenvalue weighted by atomic mass is 35.5. The maximum atomic E-state index is 13.1. The van der Waals surface area contributed by atoms with Crippen molar-refractivity contribution in [2.24, 2.45) is 5.73 Å². The van der Waals surface area contributed by atoms with Gasteiger partial charge < -0.3 is 21.7 Å². The van der Waals surface area contributed by atoms with Crippen LogP contribution in [0.2, 0.25) is 40.6 Å². The number of nitrogens with zero attached hydrogens (tertiary/aromatic N) is 10. The van der Waals surface area contributed by atoms with Crippen molar-refractivity contribution in [3.63, 3.8) is 0 Å². The second-order valence-electron chi connectivity index (χ2n) is 28.9. The molecule has 2 aliphatic heterocycles. The Morgan fingerprint density at radius 3 is 1.15 bits per heavy atom. The van der Waals surface area contributed by atoms with Crippen LogP contribution in [0.4, 0.5) is 5.82 Å². The van der Waals surface area contributed by atoms with Crippen LogP contribution in [-0.4, -0.2) is 101 Å². The van der Waals surface area contributed by atoms with E-state index in [4.69, 9.17) is 119 Å². The summed E-state index contributed by atoms with van der Waals surface area (Å²) in [6, 6.07) is 80.3. The number of aromatic carboxylic acids is 1. The van der Waals surface area contributed by atoms with Gasteiger partial charge in [-0.25, -0.2) is 39.2 Å². The summed E-state index contributed by atoms with van der Waals surface area (Å²) in [4.78, 5) is 113. The third kappa shape index (κ3) is 19.0.